The predicted molar refractivity (Wildman–Crippen MR) is 68.0 cm³/mol. The number of carbonyl (C=O) groups is 1. The van der Waals surface area contributed by atoms with Crippen LogP contribution >= 0.6 is 0 Å². The summed E-state index contributed by atoms with van der Waals surface area (Å²) in [7, 11) is 0. The minimum atomic E-state index is 0.331. The summed E-state index contributed by atoms with van der Waals surface area (Å²) in [5.74, 6) is 1.57. The normalized spacial score (nSPS) is 17.0. The molecule has 1 saturated carbocycles. The number of aromatic nitrogens is 3. The molecular weight excluding hydrogens is 226 g/mol. The van der Waals surface area contributed by atoms with E-state index in [1.807, 2.05) is 24.4 Å². The molecule has 18 heavy (non-hydrogen) atoms. The van der Waals surface area contributed by atoms with Gasteiger partial charge in [-0.3, -0.25) is 4.79 Å². The lowest BCUT2D eigenvalue weighted by Crippen LogP contribution is -2.14. The summed E-state index contributed by atoms with van der Waals surface area (Å²) in [5, 5.41) is 0. The first-order valence-corrected chi connectivity index (χ1v) is 6.31. The number of hydrogen-bond donors (Lipinski definition) is 1. The molecule has 2 aromatic heterocycles. The average Bonchev–Trinajstić information content (AvgIpc) is 2.94. The number of aromatic amines is 1. The Kier molecular flexibility index (Phi) is 2.92. The first-order chi connectivity index (χ1) is 8.83. The van der Waals surface area contributed by atoms with E-state index in [0.29, 0.717) is 24.5 Å². The molecule has 0 atom stereocenters. The molecule has 0 amide bonds. The van der Waals surface area contributed by atoms with Gasteiger partial charge in [0, 0.05) is 31.2 Å². The maximum Gasteiger partial charge on any atom is 0.132 e. The maximum atomic E-state index is 11.2. The third kappa shape index (κ3) is 2.18. The fourth-order valence-corrected chi connectivity index (χ4v) is 2.41. The molecule has 0 aromatic carbocycles. The SMILES string of the molecule is O=C1CCC(c2nccc(-c3ccc[nH]3)n2)CC1. The number of hydrogen-bond acceptors (Lipinski definition) is 3. The maximum absolute atomic E-state index is 11.2. The van der Waals surface area contributed by atoms with Crippen LogP contribution in [0.4, 0.5) is 0 Å². The Hall–Kier alpha value is -1.97. The molecule has 3 rings (SSSR count). The Balaban J connectivity index is 1.85. The van der Waals surface area contributed by atoms with E-state index in [2.05, 4.69) is 15.0 Å². The van der Waals surface area contributed by atoms with Crippen LogP contribution in [0.2, 0.25) is 0 Å². The van der Waals surface area contributed by atoms with Gasteiger partial charge in [0.25, 0.3) is 0 Å². The van der Waals surface area contributed by atoms with Gasteiger partial charge in [0.1, 0.15) is 11.6 Å². The van der Waals surface area contributed by atoms with Crippen LogP contribution in [0.15, 0.2) is 30.6 Å². The van der Waals surface area contributed by atoms with E-state index >= 15 is 0 Å². The number of nitrogens with one attached hydrogen (secondary N) is 1. The number of nitrogens with zero attached hydrogens (tertiary/aromatic N) is 2. The van der Waals surface area contributed by atoms with Crippen LogP contribution in [0.3, 0.4) is 0 Å². The van der Waals surface area contributed by atoms with E-state index in [4.69, 9.17) is 0 Å². The molecule has 1 N–H and O–H groups in total. The number of carbonyl (C=O) groups excluding carboxylic acids is 1. The molecule has 0 spiro atoms. The Morgan fingerprint density at radius 2 is 2.06 bits per heavy atom. The van der Waals surface area contributed by atoms with Crippen LogP contribution in [0, 0.1) is 0 Å². The monoisotopic (exact) mass is 241 g/mol. The van der Waals surface area contributed by atoms with Gasteiger partial charge in [-0.15, -0.1) is 0 Å². The third-order valence-corrected chi connectivity index (χ3v) is 3.46. The standard InChI is InChI=1S/C14H15N3O/c18-11-5-3-10(4-6-11)14-16-9-7-13(17-14)12-2-1-8-15-12/h1-2,7-10,15H,3-6H2. The first kappa shape index (κ1) is 11.1. The topological polar surface area (TPSA) is 58.6 Å². The molecule has 0 bridgehead atoms. The predicted octanol–water partition coefficient (Wildman–Crippen LogP) is 2.70. The van der Waals surface area contributed by atoms with Crippen LogP contribution in [0.5, 0.6) is 0 Å². The minimum absolute atomic E-state index is 0.331. The summed E-state index contributed by atoms with van der Waals surface area (Å²) in [6, 6.07) is 5.86. The van der Waals surface area contributed by atoms with Crippen molar-refractivity contribution in [2.45, 2.75) is 31.6 Å². The lowest BCUT2D eigenvalue weighted by Gasteiger charge is -2.19. The van der Waals surface area contributed by atoms with Crippen LogP contribution in [-0.2, 0) is 4.79 Å². The van der Waals surface area contributed by atoms with Crippen molar-refractivity contribution in [2.24, 2.45) is 0 Å². The highest BCUT2D eigenvalue weighted by Crippen LogP contribution is 2.29. The molecule has 2 heterocycles. The van der Waals surface area contributed by atoms with Crippen molar-refractivity contribution in [3.05, 3.63) is 36.4 Å². The van der Waals surface area contributed by atoms with Gasteiger partial charge in [0.05, 0.1) is 11.4 Å². The fourth-order valence-electron chi connectivity index (χ4n) is 2.41. The zero-order valence-corrected chi connectivity index (χ0v) is 10.1. The molecule has 2 aromatic rings. The van der Waals surface area contributed by atoms with Gasteiger partial charge >= 0.3 is 0 Å². The van der Waals surface area contributed by atoms with Gasteiger partial charge in [-0.25, -0.2) is 9.97 Å². The molecule has 1 fully saturated rings. The number of ketones is 1. The quantitative estimate of drug-likeness (QED) is 0.879. The highest BCUT2D eigenvalue weighted by molar-refractivity contribution is 5.79. The lowest BCUT2D eigenvalue weighted by molar-refractivity contribution is -0.120. The number of H-pyrrole nitrogens is 1. The summed E-state index contributed by atoms with van der Waals surface area (Å²) in [6.45, 7) is 0. The fraction of sp³-hybridized carbons (Fsp3) is 0.357. The van der Waals surface area contributed by atoms with E-state index in [9.17, 15) is 4.79 Å². The van der Waals surface area contributed by atoms with Gasteiger partial charge in [-0.2, -0.15) is 0 Å². The molecule has 0 aliphatic heterocycles. The molecule has 92 valence electrons. The smallest absolute Gasteiger partial charge is 0.132 e. The lowest BCUT2D eigenvalue weighted by atomic mass is 9.88. The Morgan fingerprint density at radius 1 is 1.22 bits per heavy atom. The highest BCUT2D eigenvalue weighted by atomic mass is 16.1. The third-order valence-electron chi connectivity index (χ3n) is 3.46. The van der Waals surface area contributed by atoms with Crippen molar-refractivity contribution in [3.63, 3.8) is 0 Å². The zero-order chi connectivity index (χ0) is 12.4. The van der Waals surface area contributed by atoms with E-state index in [1.165, 1.54) is 0 Å². The van der Waals surface area contributed by atoms with Gasteiger partial charge in [0.15, 0.2) is 0 Å². The molecular formula is C14H15N3O. The molecule has 4 heteroatoms. The van der Waals surface area contributed by atoms with Crippen LogP contribution in [0.25, 0.3) is 11.4 Å². The van der Waals surface area contributed by atoms with E-state index in [-0.39, 0.29) is 0 Å². The molecule has 0 unspecified atom stereocenters. The van der Waals surface area contributed by atoms with E-state index < -0.39 is 0 Å². The van der Waals surface area contributed by atoms with Crippen molar-refractivity contribution < 1.29 is 4.79 Å². The van der Waals surface area contributed by atoms with E-state index in [0.717, 1.165) is 30.1 Å². The second-order valence-corrected chi connectivity index (χ2v) is 4.70. The summed E-state index contributed by atoms with van der Waals surface area (Å²) in [4.78, 5) is 23.4. The molecule has 1 aliphatic rings. The van der Waals surface area contributed by atoms with Crippen LogP contribution in [0.1, 0.15) is 37.4 Å². The van der Waals surface area contributed by atoms with Gasteiger partial charge in [-0.05, 0) is 31.0 Å². The van der Waals surface area contributed by atoms with Crippen molar-refractivity contribution in [1.29, 1.82) is 0 Å². The molecule has 1 aliphatic carbocycles. The second kappa shape index (κ2) is 4.72. The number of rotatable bonds is 2. The second-order valence-electron chi connectivity index (χ2n) is 4.70. The minimum Gasteiger partial charge on any atom is -0.360 e. The summed E-state index contributed by atoms with van der Waals surface area (Å²) in [6.07, 6.45) is 6.78. The summed E-state index contributed by atoms with van der Waals surface area (Å²) in [5.41, 5.74) is 1.92. The Labute approximate surface area is 105 Å². The summed E-state index contributed by atoms with van der Waals surface area (Å²) < 4.78 is 0. The van der Waals surface area contributed by atoms with Crippen molar-refractivity contribution in [3.8, 4) is 11.4 Å². The van der Waals surface area contributed by atoms with E-state index in [1.54, 1.807) is 6.20 Å². The van der Waals surface area contributed by atoms with Crippen LogP contribution < -0.4 is 0 Å². The first-order valence-electron chi connectivity index (χ1n) is 6.31. The number of Topliss-reactive ketones (excluding diaryl/α,β-unsaturated/α-hetero) is 1. The van der Waals surface area contributed by atoms with Crippen molar-refractivity contribution in [2.75, 3.05) is 0 Å². The Morgan fingerprint density at radius 3 is 2.78 bits per heavy atom. The zero-order valence-electron chi connectivity index (χ0n) is 10.1. The molecule has 0 radical (unpaired) electrons. The van der Waals surface area contributed by atoms with Gasteiger partial charge in [0.2, 0.25) is 0 Å². The Bertz CT molecular complexity index is 538. The van der Waals surface area contributed by atoms with Gasteiger partial charge in [-0.1, -0.05) is 0 Å². The van der Waals surface area contributed by atoms with Crippen LogP contribution in [-0.4, -0.2) is 20.7 Å². The average molecular weight is 241 g/mol. The highest BCUT2D eigenvalue weighted by Gasteiger charge is 2.22. The van der Waals surface area contributed by atoms with Crippen molar-refractivity contribution in [1.82, 2.24) is 15.0 Å². The molecule has 4 nitrogen and oxygen atoms in total. The molecule has 0 saturated heterocycles. The largest absolute Gasteiger partial charge is 0.360 e. The van der Waals surface area contributed by atoms with Crippen molar-refractivity contribution >= 4 is 5.78 Å². The van der Waals surface area contributed by atoms with Gasteiger partial charge < -0.3 is 4.98 Å². The summed E-state index contributed by atoms with van der Waals surface area (Å²) >= 11 is 0.